The Kier molecular flexibility index (Phi) is 4.23. The van der Waals surface area contributed by atoms with Crippen molar-refractivity contribution in [2.24, 2.45) is 5.92 Å². The molecular formula is C21H21FN2O2. The first-order chi connectivity index (χ1) is 12.6. The molecule has 0 unspecified atom stereocenters. The number of hydrogen-bond donors (Lipinski definition) is 1. The van der Waals surface area contributed by atoms with E-state index in [1.165, 1.54) is 16.5 Å². The first-order valence-electron chi connectivity index (χ1n) is 8.97. The second-order valence-corrected chi connectivity index (χ2v) is 7.22. The lowest BCUT2D eigenvalue weighted by atomic mass is 9.95. The highest BCUT2D eigenvalue weighted by Crippen LogP contribution is 2.47. The molecule has 1 saturated heterocycles. The minimum absolute atomic E-state index is 0.0325. The highest BCUT2D eigenvalue weighted by molar-refractivity contribution is 6.00. The molecule has 0 aromatic heterocycles. The van der Waals surface area contributed by atoms with Crippen LogP contribution in [0.3, 0.4) is 0 Å². The maximum absolute atomic E-state index is 13.9. The third-order valence-corrected chi connectivity index (χ3v) is 5.48. The maximum atomic E-state index is 13.9. The number of benzene rings is 2. The van der Waals surface area contributed by atoms with Crippen molar-refractivity contribution in [2.75, 3.05) is 18.0 Å². The Labute approximate surface area is 152 Å². The summed E-state index contributed by atoms with van der Waals surface area (Å²) in [6.45, 7) is 0.810. The highest BCUT2D eigenvalue weighted by Gasteiger charge is 2.45. The topological polar surface area (TPSA) is 49.4 Å². The van der Waals surface area contributed by atoms with Gasteiger partial charge >= 0.3 is 0 Å². The Morgan fingerprint density at radius 3 is 2.50 bits per heavy atom. The van der Waals surface area contributed by atoms with Crippen molar-refractivity contribution in [3.8, 4) is 0 Å². The number of anilines is 1. The third kappa shape index (κ3) is 3.09. The fourth-order valence-electron chi connectivity index (χ4n) is 3.70. The molecular weight excluding hydrogens is 331 g/mol. The zero-order chi connectivity index (χ0) is 18.1. The van der Waals surface area contributed by atoms with Gasteiger partial charge in [-0.05, 0) is 30.5 Å². The lowest BCUT2D eigenvalue weighted by molar-refractivity contribution is -0.126. The highest BCUT2D eigenvalue weighted by atomic mass is 19.1. The van der Waals surface area contributed by atoms with Crippen LogP contribution in [0, 0.1) is 11.7 Å². The van der Waals surface area contributed by atoms with Crippen LogP contribution in [0.25, 0.3) is 0 Å². The van der Waals surface area contributed by atoms with E-state index < -0.39 is 11.7 Å². The van der Waals surface area contributed by atoms with E-state index in [9.17, 15) is 14.0 Å². The number of carbonyl (C=O) groups is 2. The minimum Gasteiger partial charge on any atom is -0.355 e. The maximum Gasteiger partial charge on any atom is 0.227 e. The van der Waals surface area contributed by atoms with Gasteiger partial charge in [0.25, 0.3) is 0 Å². The lowest BCUT2D eigenvalue weighted by Gasteiger charge is -2.19. The van der Waals surface area contributed by atoms with Gasteiger partial charge in [-0.25, -0.2) is 4.39 Å². The molecule has 4 nitrogen and oxygen atoms in total. The fraction of sp³-hybridized carbons (Fsp3) is 0.333. The second kappa shape index (κ2) is 6.56. The molecule has 1 heterocycles. The van der Waals surface area contributed by atoms with Crippen LogP contribution in [0.1, 0.15) is 24.8 Å². The first kappa shape index (κ1) is 16.8. The zero-order valence-electron chi connectivity index (χ0n) is 14.5. The Bertz CT molecular complexity index is 833. The Balaban J connectivity index is 1.39. The molecule has 0 bridgehead atoms. The van der Waals surface area contributed by atoms with Gasteiger partial charge in [-0.2, -0.15) is 0 Å². The molecule has 1 aliphatic carbocycles. The number of nitrogens with zero attached hydrogens (tertiary/aromatic N) is 1. The fourth-order valence-corrected chi connectivity index (χ4v) is 3.70. The van der Waals surface area contributed by atoms with Crippen LogP contribution in [0.2, 0.25) is 0 Å². The van der Waals surface area contributed by atoms with Crippen LogP contribution in [-0.2, 0) is 15.0 Å². The van der Waals surface area contributed by atoms with Gasteiger partial charge in [-0.15, -0.1) is 0 Å². The summed E-state index contributed by atoms with van der Waals surface area (Å²) in [6.07, 6.45) is 2.24. The van der Waals surface area contributed by atoms with Crippen molar-refractivity contribution in [2.45, 2.75) is 24.7 Å². The number of carbonyl (C=O) groups excluding carboxylic acids is 2. The molecule has 26 heavy (non-hydrogen) atoms. The molecule has 1 saturated carbocycles. The summed E-state index contributed by atoms with van der Waals surface area (Å²) in [6, 6.07) is 16.4. The Morgan fingerprint density at radius 1 is 1.12 bits per heavy atom. The van der Waals surface area contributed by atoms with Gasteiger partial charge in [0.15, 0.2) is 0 Å². The smallest absolute Gasteiger partial charge is 0.227 e. The van der Waals surface area contributed by atoms with Crippen molar-refractivity contribution in [1.82, 2.24) is 5.32 Å². The van der Waals surface area contributed by atoms with E-state index in [4.69, 9.17) is 0 Å². The summed E-state index contributed by atoms with van der Waals surface area (Å²) in [5, 5.41) is 3.02. The summed E-state index contributed by atoms with van der Waals surface area (Å²) in [5.41, 5.74) is 1.52. The van der Waals surface area contributed by atoms with E-state index in [-0.39, 0.29) is 35.9 Å². The molecule has 134 valence electrons. The van der Waals surface area contributed by atoms with Crippen molar-refractivity contribution >= 4 is 17.5 Å². The summed E-state index contributed by atoms with van der Waals surface area (Å²) in [5.74, 6) is -1.21. The Morgan fingerprint density at radius 2 is 1.81 bits per heavy atom. The van der Waals surface area contributed by atoms with Crippen molar-refractivity contribution in [3.63, 3.8) is 0 Å². The molecule has 2 aromatic carbocycles. The van der Waals surface area contributed by atoms with Crippen LogP contribution >= 0.6 is 0 Å². The van der Waals surface area contributed by atoms with Gasteiger partial charge in [0.05, 0.1) is 11.6 Å². The van der Waals surface area contributed by atoms with E-state index in [0.717, 1.165) is 12.8 Å². The molecule has 2 fully saturated rings. The van der Waals surface area contributed by atoms with Gasteiger partial charge in [-0.3, -0.25) is 9.59 Å². The van der Waals surface area contributed by atoms with Crippen LogP contribution in [0.4, 0.5) is 10.1 Å². The molecule has 0 spiro atoms. The summed E-state index contributed by atoms with van der Waals surface area (Å²) >= 11 is 0. The summed E-state index contributed by atoms with van der Waals surface area (Å²) < 4.78 is 13.9. The molecule has 2 aromatic rings. The van der Waals surface area contributed by atoms with E-state index >= 15 is 0 Å². The predicted molar refractivity (Wildman–Crippen MR) is 97.2 cm³/mol. The van der Waals surface area contributed by atoms with Crippen LogP contribution in [0.15, 0.2) is 54.6 Å². The number of rotatable bonds is 5. The first-order valence-corrected chi connectivity index (χ1v) is 8.97. The number of para-hydroxylation sites is 1. The van der Waals surface area contributed by atoms with Crippen LogP contribution in [0.5, 0.6) is 0 Å². The van der Waals surface area contributed by atoms with Crippen LogP contribution < -0.4 is 10.2 Å². The number of halogens is 1. The minimum atomic E-state index is -0.442. The van der Waals surface area contributed by atoms with Gasteiger partial charge in [-0.1, -0.05) is 42.5 Å². The van der Waals surface area contributed by atoms with E-state index in [1.54, 1.807) is 18.2 Å². The Hall–Kier alpha value is -2.69. The lowest BCUT2D eigenvalue weighted by Crippen LogP contribution is -2.37. The normalized spacial score (nSPS) is 20.9. The van der Waals surface area contributed by atoms with Gasteiger partial charge in [0.1, 0.15) is 5.82 Å². The van der Waals surface area contributed by atoms with Crippen molar-refractivity contribution in [1.29, 1.82) is 0 Å². The number of hydrogen-bond acceptors (Lipinski definition) is 2. The van der Waals surface area contributed by atoms with Gasteiger partial charge in [0, 0.05) is 24.9 Å². The van der Waals surface area contributed by atoms with Crippen molar-refractivity contribution < 1.29 is 14.0 Å². The molecule has 5 heteroatoms. The summed E-state index contributed by atoms with van der Waals surface area (Å²) in [7, 11) is 0. The van der Waals surface area contributed by atoms with E-state index in [1.807, 2.05) is 18.2 Å². The largest absolute Gasteiger partial charge is 0.355 e. The molecule has 2 amide bonds. The molecule has 0 radical (unpaired) electrons. The van der Waals surface area contributed by atoms with Gasteiger partial charge in [0.2, 0.25) is 11.8 Å². The van der Waals surface area contributed by atoms with Crippen LogP contribution in [-0.4, -0.2) is 24.9 Å². The molecule has 4 rings (SSSR count). The standard InChI is InChI=1S/C21H21FN2O2/c22-17-8-4-5-9-18(17)24-13-15(12-19(24)25)20(26)23-14-21(10-11-21)16-6-2-1-3-7-16/h1-9,15H,10-14H2,(H,23,26)/t15-/m0/s1. The summed E-state index contributed by atoms with van der Waals surface area (Å²) in [4.78, 5) is 26.2. The number of amides is 2. The SMILES string of the molecule is O=C(NCC1(c2ccccc2)CC1)[C@H]1CC(=O)N(c2ccccc2F)C1. The van der Waals surface area contributed by atoms with Gasteiger partial charge < -0.3 is 10.2 Å². The molecule has 2 aliphatic rings. The zero-order valence-corrected chi connectivity index (χ0v) is 14.5. The average Bonchev–Trinajstić information content (AvgIpc) is 3.36. The predicted octanol–water partition coefficient (Wildman–Crippen LogP) is 3.03. The quantitative estimate of drug-likeness (QED) is 0.899. The van der Waals surface area contributed by atoms with E-state index in [0.29, 0.717) is 6.54 Å². The monoisotopic (exact) mass is 352 g/mol. The van der Waals surface area contributed by atoms with E-state index in [2.05, 4.69) is 17.4 Å². The average molecular weight is 352 g/mol. The third-order valence-electron chi connectivity index (χ3n) is 5.48. The number of nitrogens with one attached hydrogen (secondary N) is 1. The molecule has 1 atom stereocenters. The molecule has 1 N–H and O–H groups in total. The second-order valence-electron chi connectivity index (χ2n) is 7.22. The molecule has 1 aliphatic heterocycles. The van der Waals surface area contributed by atoms with Crippen molar-refractivity contribution in [3.05, 3.63) is 66.0 Å².